The van der Waals surface area contributed by atoms with Crippen LogP contribution in [0.2, 0.25) is 0 Å². The van der Waals surface area contributed by atoms with Crippen molar-refractivity contribution in [3.05, 3.63) is 89.0 Å². The SMILES string of the molecule is Nc1c(N=Nc2ccc3cc(S(=O)(=O)O)c(N=Nc4ccccc4S(=O)(=O)O)c(O)c3c2)c(S(=O)(=O)O)cc2cc(S(=O)(=O)O)c(N=Nc3ccc([N+](=O)[O-])cc3S(=O)(=O)O)c(O)c12. The molecule has 0 saturated carbocycles. The Hall–Kier alpha value is -7.01. The molecule has 0 fully saturated rings. The summed E-state index contributed by atoms with van der Waals surface area (Å²) in [7, 11) is -26.2. The van der Waals surface area contributed by atoms with E-state index in [2.05, 4.69) is 30.7 Å². The van der Waals surface area contributed by atoms with Gasteiger partial charge in [-0.3, -0.25) is 32.9 Å². The number of nitro benzene ring substituents is 1. The van der Waals surface area contributed by atoms with Crippen molar-refractivity contribution in [2.24, 2.45) is 30.7 Å². The molecule has 0 unspecified atom stereocenters. The smallest absolute Gasteiger partial charge is 0.297 e. The number of nitrogen functional groups attached to an aromatic ring is 1. The summed E-state index contributed by atoms with van der Waals surface area (Å²) in [6.45, 7) is 0. The first-order chi connectivity index (χ1) is 29.5. The Balaban J connectivity index is 1.54. The van der Waals surface area contributed by atoms with Crippen LogP contribution in [0.15, 0.2) is 134 Å². The van der Waals surface area contributed by atoms with Crippen molar-refractivity contribution in [1.82, 2.24) is 0 Å². The van der Waals surface area contributed by atoms with Gasteiger partial charge in [0, 0.05) is 17.5 Å². The number of nitro groups is 1. The Morgan fingerprint density at radius 3 is 1.48 bits per heavy atom. The Morgan fingerprint density at radius 2 is 0.953 bits per heavy atom. The van der Waals surface area contributed by atoms with Crippen molar-refractivity contribution in [1.29, 1.82) is 0 Å². The van der Waals surface area contributed by atoms with Gasteiger partial charge in [-0.1, -0.05) is 18.2 Å². The topological polar surface area (TPSA) is 456 Å². The average Bonchev–Trinajstić information content (AvgIpc) is 3.17. The molecule has 0 aliphatic heterocycles. The van der Waals surface area contributed by atoms with E-state index in [1.165, 1.54) is 12.1 Å². The summed E-state index contributed by atoms with van der Waals surface area (Å²) in [6, 6.07) is 11.3. The maximum Gasteiger partial charge on any atom is 0.297 e. The normalized spacial score (nSPS) is 13.2. The van der Waals surface area contributed by atoms with Gasteiger partial charge in [0.05, 0.1) is 21.7 Å². The maximum absolute atomic E-state index is 12.6. The fourth-order valence-electron chi connectivity index (χ4n) is 5.77. The van der Waals surface area contributed by atoms with E-state index in [0.29, 0.717) is 30.3 Å². The second-order valence-corrected chi connectivity index (χ2v) is 19.6. The highest BCUT2D eigenvalue weighted by atomic mass is 32.2. The minimum absolute atomic E-state index is 0.121. The van der Waals surface area contributed by atoms with E-state index >= 15 is 0 Å². The number of rotatable bonds is 12. The lowest BCUT2D eigenvalue weighted by molar-refractivity contribution is -0.385. The van der Waals surface area contributed by atoms with Gasteiger partial charge in [-0.05, 0) is 59.3 Å². The Morgan fingerprint density at radius 1 is 0.484 bits per heavy atom. The van der Waals surface area contributed by atoms with Crippen LogP contribution in [0.4, 0.5) is 45.5 Å². The van der Waals surface area contributed by atoms with E-state index in [1.807, 2.05) is 0 Å². The highest BCUT2D eigenvalue weighted by Gasteiger charge is 2.29. The number of fused-ring (bicyclic) bond motifs is 2. The van der Waals surface area contributed by atoms with E-state index in [4.69, 9.17) is 5.73 Å². The van der Waals surface area contributed by atoms with Gasteiger partial charge in [0.15, 0.2) is 11.5 Å². The van der Waals surface area contributed by atoms with Crippen LogP contribution >= 0.6 is 0 Å². The lowest BCUT2D eigenvalue weighted by atomic mass is 10.1. The van der Waals surface area contributed by atoms with Crippen LogP contribution in [0.5, 0.6) is 11.5 Å². The lowest BCUT2D eigenvalue weighted by Crippen LogP contribution is -2.04. The predicted molar refractivity (Wildman–Crippen MR) is 217 cm³/mol. The van der Waals surface area contributed by atoms with Gasteiger partial charge in [0.1, 0.15) is 52.9 Å². The van der Waals surface area contributed by atoms with E-state index in [0.717, 1.165) is 36.4 Å². The van der Waals surface area contributed by atoms with Crippen molar-refractivity contribution in [2.75, 3.05) is 5.73 Å². The number of hydrogen-bond donors (Lipinski definition) is 8. The summed E-state index contributed by atoms with van der Waals surface area (Å²) in [5, 5.41) is 53.7. The summed E-state index contributed by atoms with van der Waals surface area (Å²) in [5.41, 5.74) is -0.343. The molecule has 0 saturated heterocycles. The number of nitrogens with zero attached hydrogens (tertiary/aromatic N) is 7. The number of azo groups is 3. The molecule has 0 heterocycles. The number of aromatic hydroxyl groups is 2. The quantitative estimate of drug-likeness (QED) is 0.0217. The second kappa shape index (κ2) is 16.3. The van der Waals surface area contributed by atoms with E-state index in [-0.39, 0.29) is 16.5 Å². The minimum Gasteiger partial charge on any atom is -0.505 e. The van der Waals surface area contributed by atoms with Crippen molar-refractivity contribution in [2.45, 2.75) is 24.5 Å². The van der Waals surface area contributed by atoms with Crippen LogP contribution in [0.25, 0.3) is 21.5 Å². The maximum atomic E-state index is 12.6. The van der Waals surface area contributed by atoms with Crippen LogP contribution in [0.1, 0.15) is 0 Å². The molecule has 334 valence electrons. The molecule has 6 aromatic carbocycles. The highest BCUT2D eigenvalue weighted by Crippen LogP contribution is 2.49. The molecular weight excluding hydrogens is 961 g/mol. The summed E-state index contributed by atoms with van der Waals surface area (Å²) >= 11 is 0. The van der Waals surface area contributed by atoms with Crippen LogP contribution in [-0.4, -0.2) is 80.0 Å². The molecular formula is C32H22N8O19S5. The highest BCUT2D eigenvalue weighted by molar-refractivity contribution is 7.87. The fourth-order valence-corrected chi connectivity index (χ4v) is 9.02. The molecule has 27 nitrogen and oxygen atoms in total. The molecule has 0 amide bonds. The van der Waals surface area contributed by atoms with Crippen molar-refractivity contribution >= 4 is 118 Å². The van der Waals surface area contributed by atoms with Crippen LogP contribution in [0, 0.1) is 10.1 Å². The molecule has 6 rings (SSSR count). The molecule has 0 spiro atoms. The van der Waals surface area contributed by atoms with Crippen molar-refractivity contribution in [3.63, 3.8) is 0 Å². The third-order valence-electron chi connectivity index (χ3n) is 8.54. The van der Waals surface area contributed by atoms with Crippen molar-refractivity contribution in [3.8, 4) is 11.5 Å². The molecule has 0 aromatic heterocycles. The monoisotopic (exact) mass is 982 g/mol. The van der Waals surface area contributed by atoms with Gasteiger partial charge < -0.3 is 15.9 Å². The lowest BCUT2D eigenvalue weighted by Gasteiger charge is -2.14. The Bertz CT molecular complexity index is 3710. The second-order valence-electron chi connectivity index (χ2n) is 12.6. The Kier molecular flexibility index (Phi) is 11.8. The number of phenolic OH excluding ortho intramolecular Hbond substituents is 2. The summed E-state index contributed by atoms with van der Waals surface area (Å²) in [6.07, 6.45) is 0. The van der Waals surface area contributed by atoms with E-state index in [9.17, 15) is 85.2 Å². The average molecular weight is 983 g/mol. The van der Waals surface area contributed by atoms with E-state index < -0.39 is 142 Å². The molecule has 0 aliphatic carbocycles. The van der Waals surface area contributed by atoms with Crippen LogP contribution in [0.3, 0.4) is 0 Å². The number of benzene rings is 6. The predicted octanol–water partition coefficient (Wildman–Crippen LogP) is 6.37. The molecule has 64 heavy (non-hydrogen) atoms. The molecule has 6 aromatic rings. The zero-order valence-electron chi connectivity index (χ0n) is 30.8. The fraction of sp³-hybridized carbons (Fsp3) is 0. The van der Waals surface area contributed by atoms with Crippen molar-refractivity contribution < 1.29 is 80.0 Å². The summed E-state index contributed by atoms with van der Waals surface area (Å²) < 4.78 is 172. The van der Waals surface area contributed by atoms with Gasteiger partial charge >= 0.3 is 0 Å². The van der Waals surface area contributed by atoms with Gasteiger partial charge in [0.25, 0.3) is 56.3 Å². The molecule has 0 aliphatic rings. The molecule has 9 N–H and O–H groups in total. The third-order valence-corrected chi connectivity index (χ3v) is 12.9. The molecule has 0 bridgehead atoms. The number of nitrogens with two attached hydrogens (primary N) is 1. The number of anilines is 1. The first-order valence-corrected chi connectivity index (χ1v) is 23.6. The summed E-state index contributed by atoms with van der Waals surface area (Å²) in [5.74, 6) is -2.33. The molecule has 32 heteroatoms. The molecule has 0 atom stereocenters. The van der Waals surface area contributed by atoms with Gasteiger partial charge in [-0.25, -0.2) is 0 Å². The van der Waals surface area contributed by atoms with E-state index in [1.54, 1.807) is 0 Å². The minimum atomic E-state index is -5.47. The zero-order valence-corrected chi connectivity index (χ0v) is 34.9. The Labute approximate surface area is 357 Å². The van der Waals surface area contributed by atoms with Crippen LogP contribution < -0.4 is 5.73 Å². The first kappa shape index (κ1) is 46.5. The third kappa shape index (κ3) is 9.34. The van der Waals surface area contributed by atoms with Crippen LogP contribution in [-0.2, 0) is 50.6 Å². The summed E-state index contributed by atoms with van der Waals surface area (Å²) in [4.78, 5) is 4.65. The first-order valence-electron chi connectivity index (χ1n) is 16.4. The molecule has 0 radical (unpaired) electrons. The largest absolute Gasteiger partial charge is 0.505 e. The number of phenols is 2. The number of hydrogen-bond acceptors (Lipinski definition) is 21. The van der Waals surface area contributed by atoms with Gasteiger partial charge in [-0.15, -0.1) is 25.6 Å². The van der Waals surface area contributed by atoms with Gasteiger partial charge in [-0.2, -0.15) is 47.2 Å². The number of non-ortho nitro benzene ring substituents is 1. The standard InChI is InChI=1S/C32H22N8O19S5/c33-27-26-15(11-25(64(57,58)59)30(32(26)42)39-36-20-8-7-17(40(43)44)13-22(20)61(48,49)50)10-23(62(51,52)53)28(27)37-34-16-6-5-14-9-24(63(54,55)56)29(31(41)18(14)12-16)38-35-19-3-1-2-4-21(19)60(45,46)47/h1-13,41-42H,33H2,(H,45,46,47)(H,48,49,50)(H,51,52,53)(H,54,55,56)(H,57,58,59). The van der Waals surface area contributed by atoms with Gasteiger partial charge in [0.2, 0.25) is 0 Å². The zero-order chi connectivity index (χ0) is 47.5.